The van der Waals surface area contributed by atoms with Crippen molar-refractivity contribution in [2.24, 2.45) is 17.6 Å². The molecule has 3 aliphatic heterocycles. The number of nitrogens with zero attached hydrogens (tertiary/aromatic N) is 3. The van der Waals surface area contributed by atoms with Crippen LogP contribution in [0.2, 0.25) is 0 Å². The molecular weight excluding hydrogens is 466 g/mol. The molecule has 1 aromatic heterocycles. The number of amides is 2. The largest absolute Gasteiger partial charge is 0.477 e. The van der Waals surface area contributed by atoms with Gasteiger partial charge >= 0.3 is 5.97 Å². The van der Waals surface area contributed by atoms with Crippen molar-refractivity contribution in [3.05, 3.63) is 21.7 Å². The highest BCUT2D eigenvalue weighted by atomic mass is 32.2. The van der Waals surface area contributed by atoms with Gasteiger partial charge in [-0.3, -0.25) is 9.59 Å². The summed E-state index contributed by atoms with van der Waals surface area (Å²) in [6, 6.07) is -0.382. The number of hydrogen-bond donors (Lipinski definition) is 4. The number of nitrogens with two attached hydrogens (primary N) is 1. The first-order valence-corrected chi connectivity index (χ1v) is 12.7. The van der Waals surface area contributed by atoms with Gasteiger partial charge in [0.2, 0.25) is 5.91 Å². The Hall–Kier alpha value is -2.15. The first-order valence-electron chi connectivity index (χ1n) is 11.0. The van der Waals surface area contributed by atoms with E-state index in [9.17, 15) is 24.6 Å². The number of hydrogen-bond acceptors (Lipinski definition) is 9. The van der Waals surface area contributed by atoms with Gasteiger partial charge in [0.15, 0.2) is 5.13 Å². The molecule has 33 heavy (non-hydrogen) atoms. The Kier molecular flexibility index (Phi) is 6.72. The number of rotatable bonds is 9. The molecule has 0 aromatic carbocycles. The SMILES string of the molecule is CC(C)[C@@H](CN)NC(=O)c1csc(N2CC(SC3=C(C(=O)O)N4C(=O)[C@H]([C@@H](C)O)[C@H]4C3)C2)n1. The number of thiazole rings is 1. The van der Waals surface area contributed by atoms with Crippen LogP contribution in [0.15, 0.2) is 16.0 Å². The van der Waals surface area contributed by atoms with Gasteiger partial charge in [0.25, 0.3) is 5.91 Å². The number of aliphatic carboxylic acids is 1. The summed E-state index contributed by atoms with van der Waals surface area (Å²) < 4.78 is 0. The molecule has 3 aliphatic rings. The van der Waals surface area contributed by atoms with E-state index < -0.39 is 18.0 Å². The van der Waals surface area contributed by atoms with E-state index in [0.29, 0.717) is 36.7 Å². The fourth-order valence-electron chi connectivity index (χ4n) is 4.46. The summed E-state index contributed by atoms with van der Waals surface area (Å²) in [6.45, 7) is 7.27. The second-order valence-electron chi connectivity index (χ2n) is 9.04. The summed E-state index contributed by atoms with van der Waals surface area (Å²) in [5, 5.41) is 25.1. The zero-order chi connectivity index (χ0) is 24.0. The Labute approximate surface area is 200 Å². The van der Waals surface area contributed by atoms with E-state index in [1.54, 1.807) is 12.3 Å². The molecule has 180 valence electrons. The molecular formula is C21H29N5O5S2. The minimum atomic E-state index is -1.11. The number of thioether (sulfide) groups is 1. The highest BCUT2D eigenvalue weighted by Crippen LogP contribution is 2.49. The number of carbonyl (C=O) groups excluding carboxylic acids is 2. The summed E-state index contributed by atoms with van der Waals surface area (Å²) in [5.74, 6) is -1.98. The first-order chi connectivity index (χ1) is 15.6. The number of carbonyl (C=O) groups is 3. The van der Waals surface area contributed by atoms with E-state index in [1.165, 1.54) is 28.0 Å². The lowest BCUT2D eigenvalue weighted by molar-refractivity contribution is -0.161. The Morgan fingerprint density at radius 2 is 2.06 bits per heavy atom. The van der Waals surface area contributed by atoms with Crippen LogP contribution in [0.1, 0.15) is 37.7 Å². The number of β-lactam (4-membered cyclic amide) rings is 1. The van der Waals surface area contributed by atoms with Crippen molar-refractivity contribution < 1.29 is 24.6 Å². The molecule has 4 rings (SSSR count). The lowest BCUT2D eigenvalue weighted by Crippen LogP contribution is -2.61. The average molecular weight is 496 g/mol. The van der Waals surface area contributed by atoms with E-state index in [4.69, 9.17) is 5.73 Å². The fraction of sp³-hybridized carbons (Fsp3) is 0.619. The van der Waals surface area contributed by atoms with Crippen molar-refractivity contribution in [2.45, 2.75) is 50.6 Å². The van der Waals surface area contributed by atoms with Gasteiger partial charge in [-0.1, -0.05) is 13.8 Å². The van der Waals surface area contributed by atoms with Crippen LogP contribution >= 0.6 is 23.1 Å². The molecule has 0 radical (unpaired) electrons. The van der Waals surface area contributed by atoms with Crippen LogP contribution in [-0.4, -0.2) is 81.0 Å². The highest BCUT2D eigenvalue weighted by Gasteiger charge is 2.57. The topological polar surface area (TPSA) is 149 Å². The minimum absolute atomic E-state index is 0.0539. The third-order valence-electron chi connectivity index (χ3n) is 6.42. The van der Waals surface area contributed by atoms with Crippen LogP contribution in [0.25, 0.3) is 0 Å². The van der Waals surface area contributed by atoms with Crippen molar-refractivity contribution in [1.82, 2.24) is 15.2 Å². The van der Waals surface area contributed by atoms with E-state index in [1.807, 2.05) is 13.8 Å². The molecule has 5 N–H and O–H groups in total. The number of aliphatic hydroxyl groups excluding tert-OH is 1. The number of carboxylic acids is 1. The number of nitrogens with one attached hydrogen (secondary N) is 1. The maximum Gasteiger partial charge on any atom is 0.353 e. The summed E-state index contributed by atoms with van der Waals surface area (Å²) in [4.78, 5) is 45.1. The molecule has 12 heteroatoms. The second-order valence-corrected chi connectivity index (χ2v) is 11.3. The smallest absolute Gasteiger partial charge is 0.353 e. The minimum Gasteiger partial charge on any atom is -0.477 e. The van der Waals surface area contributed by atoms with Gasteiger partial charge in [0.1, 0.15) is 11.4 Å². The second kappa shape index (κ2) is 9.24. The number of aliphatic hydroxyl groups is 1. The molecule has 10 nitrogen and oxygen atoms in total. The van der Waals surface area contributed by atoms with Crippen LogP contribution in [0.5, 0.6) is 0 Å². The normalized spacial score (nSPS) is 24.5. The summed E-state index contributed by atoms with van der Waals surface area (Å²) in [7, 11) is 0. The molecule has 4 atom stereocenters. The zero-order valence-corrected chi connectivity index (χ0v) is 20.4. The van der Waals surface area contributed by atoms with Crippen molar-refractivity contribution >= 4 is 46.0 Å². The van der Waals surface area contributed by atoms with Crippen LogP contribution in [0.4, 0.5) is 5.13 Å². The average Bonchev–Trinajstić information content (AvgIpc) is 3.31. The van der Waals surface area contributed by atoms with Gasteiger partial charge in [-0.2, -0.15) is 0 Å². The molecule has 0 spiro atoms. The van der Waals surface area contributed by atoms with Gasteiger partial charge < -0.3 is 31.1 Å². The van der Waals surface area contributed by atoms with Gasteiger partial charge in [-0.05, 0) is 12.8 Å². The third kappa shape index (κ3) is 4.36. The molecule has 2 amide bonds. The number of carboxylic acid groups (broad SMARTS) is 1. The molecule has 4 heterocycles. The van der Waals surface area contributed by atoms with Gasteiger partial charge in [-0.15, -0.1) is 23.1 Å². The fourth-order valence-corrected chi connectivity index (χ4v) is 6.76. The van der Waals surface area contributed by atoms with Crippen molar-refractivity contribution in [3.63, 3.8) is 0 Å². The van der Waals surface area contributed by atoms with Gasteiger partial charge in [0.05, 0.1) is 18.1 Å². The standard InChI is InChI=1S/C21H29N5O5S2/c1-9(2)12(5-22)23-18(28)13-8-32-21(24-13)25-6-11(7-25)33-15-4-14-16(10(3)27)19(29)26(14)17(15)20(30)31/h8-12,14,16,27H,4-7,22H2,1-3H3,(H,23,28)(H,30,31)/t10-,12-,14-,16-/m1/s1. The quantitative estimate of drug-likeness (QED) is 0.363. The van der Waals surface area contributed by atoms with Crippen molar-refractivity contribution in [2.75, 3.05) is 24.5 Å². The van der Waals surface area contributed by atoms with E-state index in [-0.39, 0.29) is 40.8 Å². The Bertz CT molecular complexity index is 987. The predicted octanol–water partition coefficient (Wildman–Crippen LogP) is 0.686. The number of aromatic nitrogens is 1. The molecule has 0 saturated carbocycles. The van der Waals surface area contributed by atoms with Gasteiger partial charge in [0, 0.05) is 47.6 Å². The van der Waals surface area contributed by atoms with E-state index in [0.717, 1.165) is 5.13 Å². The Morgan fingerprint density at radius 1 is 1.36 bits per heavy atom. The van der Waals surface area contributed by atoms with Crippen molar-refractivity contribution in [1.29, 1.82) is 0 Å². The molecule has 1 aromatic rings. The first kappa shape index (κ1) is 24.0. The maximum atomic E-state index is 12.5. The predicted molar refractivity (Wildman–Crippen MR) is 126 cm³/mol. The molecule has 0 bridgehead atoms. The number of fused-ring (bicyclic) bond motifs is 1. The lowest BCUT2D eigenvalue weighted by atomic mass is 9.83. The van der Waals surface area contributed by atoms with Crippen molar-refractivity contribution in [3.8, 4) is 0 Å². The molecule has 0 unspecified atom stereocenters. The summed E-state index contributed by atoms with van der Waals surface area (Å²) >= 11 is 2.88. The van der Waals surface area contributed by atoms with E-state index in [2.05, 4.69) is 15.2 Å². The monoisotopic (exact) mass is 495 g/mol. The summed E-state index contributed by atoms with van der Waals surface area (Å²) in [5.41, 5.74) is 6.15. The van der Waals surface area contributed by atoms with Gasteiger partial charge in [-0.25, -0.2) is 9.78 Å². The van der Waals surface area contributed by atoms with Crippen LogP contribution in [0.3, 0.4) is 0 Å². The highest BCUT2D eigenvalue weighted by molar-refractivity contribution is 8.03. The van der Waals surface area contributed by atoms with Crippen LogP contribution < -0.4 is 16.0 Å². The van der Waals surface area contributed by atoms with Crippen LogP contribution in [0, 0.1) is 11.8 Å². The third-order valence-corrected chi connectivity index (χ3v) is 8.60. The van der Waals surface area contributed by atoms with E-state index >= 15 is 0 Å². The lowest BCUT2D eigenvalue weighted by Gasteiger charge is -2.44. The van der Waals surface area contributed by atoms with Crippen LogP contribution in [-0.2, 0) is 9.59 Å². The Balaban J connectivity index is 1.35. The number of anilines is 1. The molecule has 2 saturated heterocycles. The molecule has 2 fully saturated rings. The zero-order valence-electron chi connectivity index (χ0n) is 18.7. The molecule has 0 aliphatic carbocycles. The summed E-state index contributed by atoms with van der Waals surface area (Å²) in [6.07, 6.45) is -0.335. The Morgan fingerprint density at radius 3 is 2.64 bits per heavy atom. The maximum absolute atomic E-state index is 12.5.